The van der Waals surface area contributed by atoms with Gasteiger partial charge in [0.1, 0.15) is 6.33 Å². The highest BCUT2D eigenvalue weighted by molar-refractivity contribution is 7.98. The van der Waals surface area contributed by atoms with E-state index in [4.69, 9.17) is 5.73 Å². The molecular formula is C15H20N4OS. The van der Waals surface area contributed by atoms with Crippen molar-refractivity contribution in [1.82, 2.24) is 14.8 Å². The smallest absolute Gasteiger partial charge is 0.248 e. The Balaban J connectivity index is 1.90. The Morgan fingerprint density at radius 1 is 1.29 bits per heavy atom. The van der Waals surface area contributed by atoms with E-state index < -0.39 is 5.91 Å². The van der Waals surface area contributed by atoms with Gasteiger partial charge in [-0.2, -0.15) is 0 Å². The summed E-state index contributed by atoms with van der Waals surface area (Å²) >= 11 is 1.65. The molecule has 1 heterocycles. The van der Waals surface area contributed by atoms with Gasteiger partial charge in [-0.25, -0.2) is 0 Å². The highest BCUT2D eigenvalue weighted by Gasteiger charge is 2.06. The zero-order valence-corrected chi connectivity index (χ0v) is 13.0. The number of benzene rings is 1. The first-order chi connectivity index (χ1) is 10.2. The molecule has 0 radical (unpaired) electrons. The third kappa shape index (κ3) is 4.60. The first-order valence-corrected chi connectivity index (χ1v) is 8.08. The largest absolute Gasteiger partial charge is 0.366 e. The van der Waals surface area contributed by atoms with Gasteiger partial charge in [-0.1, -0.05) is 43.7 Å². The zero-order valence-electron chi connectivity index (χ0n) is 12.2. The number of nitrogens with zero attached hydrogens (tertiary/aromatic N) is 3. The van der Waals surface area contributed by atoms with Gasteiger partial charge >= 0.3 is 0 Å². The molecule has 0 spiro atoms. The molecule has 0 aliphatic rings. The van der Waals surface area contributed by atoms with Crippen molar-refractivity contribution in [3.63, 3.8) is 0 Å². The third-order valence-corrected chi connectivity index (χ3v) is 4.24. The van der Waals surface area contributed by atoms with E-state index in [0.717, 1.165) is 29.4 Å². The molecule has 21 heavy (non-hydrogen) atoms. The molecule has 0 aliphatic heterocycles. The van der Waals surface area contributed by atoms with E-state index in [2.05, 4.69) is 21.7 Å². The SMILES string of the molecule is CCCCCn1cnnc1SCc1ccc(C(N)=O)cc1. The number of hydrogen-bond donors (Lipinski definition) is 1. The minimum Gasteiger partial charge on any atom is -0.366 e. The Bertz CT molecular complexity index is 580. The maximum absolute atomic E-state index is 11.0. The van der Waals surface area contributed by atoms with E-state index in [1.807, 2.05) is 12.1 Å². The number of hydrogen-bond acceptors (Lipinski definition) is 4. The summed E-state index contributed by atoms with van der Waals surface area (Å²) in [6.07, 6.45) is 5.36. The Morgan fingerprint density at radius 2 is 2.05 bits per heavy atom. The van der Waals surface area contributed by atoms with Crippen molar-refractivity contribution >= 4 is 17.7 Å². The number of aryl methyl sites for hydroxylation is 1. The molecule has 0 aliphatic carbocycles. The summed E-state index contributed by atoms with van der Waals surface area (Å²) < 4.78 is 2.10. The minimum atomic E-state index is -0.398. The first kappa shape index (κ1) is 15.6. The third-order valence-electron chi connectivity index (χ3n) is 3.19. The molecule has 0 fully saturated rings. The summed E-state index contributed by atoms with van der Waals surface area (Å²) in [5, 5.41) is 9.07. The molecule has 6 heteroatoms. The van der Waals surface area contributed by atoms with Crippen LogP contribution in [0.1, 0.15) is 42.1 Å². The van der Waals surface area contributed by atoms with Crippen LogP contribution in [-0.2, 0) is 12.3 Å². The second-order valence-electron chi connectivity index (χ2n) is 4.86. The van der Waals surface area contributed by atoms with Gasteiger partial charge < -0.3 is 10.3 Å². The lowest BCUT2D eigenvalue weighted by atomic mass is 10.1. The Kier molecular flexibility index (Phi) is 5.80. The fraction of sp³-hybridized carbons (Fsp3) is 0.400. The van der Waals surface area contributed by atoms with E-state index in [9.17, 15) is 4.79 Å². The number of carbonyl (C=O) groups excluding carboxylic acids is 1. The van der Waals surface area contributed by atoms with Crippen LogP contribution in [0.25, 0.3) is 0 Å². The molecule has 0 unspecified atom stereocenters. The fourth-order valence-electron chi connectivity index (χ4n) is 1.95. The number of primary amides is 1. The fourth-order valence-corrected chi connectivity index (χ4v) is 2.85. The number of nitrogens with two attached hydrogens (primary N) is 1. The normalized spacial score (nSPS) is 10.7. The number of rotatable bonds is 8. The zero-order chi connectivity index (χ0) is 15.1. The van der Waals surface area contributed by atoms with Crippen molar-refractivity contribution in [2.75, 3.05) is 0 Å². The molecule has 0 atom stereocenters. The number of aromatic nitrogens is 3. The minimum absolute atomic E-state index is 0.398. The lowest BCUT2D eigenvalue weighted by molar-refractivity contribution is 0.100. The maximum Gasteiger partial charge on any atom is 0.248 e. The van der Waals surface area contributed by atoms with Crippen molar-refractivity contribution in [2.24, 2.45) is 5.73 Å². The molecule has 2 N–H and O–H groups in total. The molecule has 112 valence electrons. The average Bonchev–Trinajstić information content (AvgIpc) is 2.93. The predicted octanol–water partition coefficient (Wildman–Crippen LogP) is 2.86. The number of unbranched alkanes of at least 4 members (excludes halogenated alkanes) is 2. The van der Waals surface area contributed by atoms with Crippen LogP contribution in [0.4, 0.5) is 0 Å². The number of carbonyl (C=O) groups is 1. The summed E-state index contributed by atoms with van der Waals surface area (Å²) in [5.74, 6) is 0.399. The summed E-state index contributed by atoms with van der Waals surface area (Å²) in [7, 11) is 0. The number of amides is 1. The van der Waals surface area contributed by atoms with Gasteiger partial charge in [-0.05, 0) is 24.1 Å². The molecule has 0 bridgehead atoms. The van der Waals surface area contributed by atoms with Crippen LogP contribution < -0.4 is 5.73 Å². The second kappa shape index (κ2) is 7.83. The van der Waals surface area contributed by atoms with Crippen molar-refractivity contribution in [3.8, 4) is 0 Å². The van der Waals surface area contributed by atoms with Gasteiger partial charge in [-0.3, -0.25) is 4.79 Å². The summed E-state index contributed by atoms with van der Waals surface area (Å²) in [4.78, 5) is 11.0. The summed E-state index contributed by atoms with van der Waals surface area (Å²) in [6, 6.07) is 7.35. The molecule has 0 saturated carbocycles. The van der Waals surface area contributed by atoms with Gasteiger partial charge in [0.05, 0.1) is 0 Å². The van der Waals surface area contributed by atoms with Crippen LogP contribution in [0, 0.1) is 0 Å². The monoisotopic (exact) mass is 304 g/mol. The van der Waals surface area contributed by atoms with Crippen LogP contribution >= 0.6 is 11.8 Å². The highest BCUT2D eigenvalue weighted by Crippen LogP contribution is 2.21. The lowest BCUT2D eigenvalue weighted by Gasteiger charge is -2.06. The quantitative estimate of drug-likeness (QED) is 0.601. The summed E-state index contributed by atoms with van der Waals surface area (Å²) in [5.41, 5.74) is 6.89. The van der Waals surface area contributed by atoms with E-state index in [-0.39, 0.29) is 0 Å². The van der Waals surface area contributed by atoms with Gasteiger partial charge in [0.2, 0.25) is 5.91 Å². The molecular weight excluding hydrogens is 284 g/mol. The molecule has 1 aromatic carbocycles. The molecule has 2 aromatic rings. The molecule has 2 rings (SSSR count). The molecule has 0 saturated heterocycles. The van der Waals surface area contributed by atoms with Gasteiger partial charge in [-0.15, -0.1) is 10.2 Å². The average molecular weight is 304 g/mol. The topological polar surface area (TPSA) is 73.8 Å². The van der Waals surface area contributed by atoms with E-state index >= 15 is 0 Å². The predicted molar refractivity (Wildman–Crippen MR) is 84.1 cm³/mol. The van der Waals surface area contributed by atoms with Crippen molar-refractivity contribution in [2.45, 2.75) is 43.6 Å². The molecule has 5 nitrogen and oxygen atoms in total. The van der Waals surface area contributed by atoms with Crippen LogP contribution in [-0.4, -0.2) is 20.7 Å². The van der Waals surface area contributed by atoms with Crippen LogP contribution in [0.5, 0.6) is 0 Å². The van der Waals surface area contributed by atoms with Gasteiger partial charge in [0.15, 0.2) is 5.16 Å². The summed E-state index contributed by atoms with van der Waals surface area (Å²) in [6.45, 7) is 3.15. The van der Waals surface area contributed by atoms with Crippen molar-refractivity contribution < 1.29 is 4.79 Å². The van der Waals surface area contributed by atoms with E-state index in [1.165, 1.54) is 12.8 Å². The molecule has 1 amide bonds. The highest BCUT2D eigenvalue weighted by atomic mass is 32.2. The van der Waals surface area contributed by atoms with Crippen LogP contribution in [0.3, 0.4) is 0 Å². The van der Waals surface area contributed by atoms with Crippen LogP contribution in [0.2, 0.25) is 0 Å². The second-order valence-corrected chi connectivity index (χ2v) is 5.81. The van der Waals surface area contributed by atoms with E-state index in [0.29, 0.717) is 5.56 Å². The van der Waals surface area contributed by atoms with Gasteiger partial charge in [0.25, 0.3) is 0 Å². The van der Waals surface area contributed by atoms with E-state index in [1.54, 1.807) is 30.2 Å². The Morgan fingerprint density at radius 3 is 2.71 bits per heavy atom. The van der Waals surface area contributed by atoms with Crippen LogP contribution in [0.15, 0.2) is 35.7 Å². The van der Waals surface area contributed by atoms with Gasteiger partial charge in [0, 0.05) is 17.9 Å². The standard InChI is InChI=1S/C15H20N4OS/c1-2-3-4-9-19-11-17-18-15(19)21-10-12-5-7-13(8-6-12)14(16)20/h5-8,11H,2-4,9-10H2,1H3,(H2,16,20). The van der Waals surface area contributed by atoms with Crippen molar-refractivity contribution in [3.05, 3.63) is 41.7 Å². The lowest BCUT2D eigenvalue weighted by Crippen LogP contribution is -2.10. The number of thioether (sulfide) groups is 1. The Hall–Kier alpha value is -1.82. The maximum atomic E-state index is 11.0. The Labute approximate surface area is 128 Å². The molecule has 1 aromatic heterocycles. The first-order valence-electron chi connectivity index (χ1n) is 7.10. The van der Waals surface area contributed by atoms with Crippen molar-refractivity contribution in [1.29, 1.82) is 0 Å².